The Labute approximate surface area is 175 Å². The summed E-state index contributed by atoms with van der Waals surface area (Å²) in [5.41, 5.74) is 3.66. The molecule has 4 heterocycles. The Morgan fingerprint density at radius 3 is 2.40 bits per heavy atom. The lowest BCUT2D eigenvalue weighted by molar-refractivity contribution is 0.0572. The van der Waals surface area contributed by atoms with Crippen LogP contribution in [0.5, 0.6) is 0 Å². The zero-order valence-corrected chi connectivity index (χ0v) is 17.3. The van der Waals surface area contributed by atoms with E-state index in [1.165, 1.54) is 11.1 Å². The van der Waals surface area contributed by atoms with Crippen molar-refractivity contribution in [3.63, 3.8) is 0 Å². The number of aliphatic hydroxyl groups is 2. The number of aryl methyl sites for hydroxylation is 2. The van der Waals surface area contributed by atoms with E-state index in [4.69, 9.17) is 4.74 Å². The van der Waals surface area contributed by atoms with Crippen LogP contribution in [0.1, 0.15) is 35.7 Å². The molecule has 30 heavy (non-hydrogen) atoms. The molecule has 8 heteroatoms. The molecule has 0 spiro atoms. The van der Waals surface area contributed by atoms with Gasteiger partial charge in [-0.25, -0.2) is 14.6 Å². The molecule has 2 N–H and O–H groups in total. The van der Waals surface area contributed by atoms with Gasteiger partial charge in [0.25, 0.3) is 0 Å². The van der Waals surface area contributed by atoms with Crippen LogP contribution in [0.3, 0.4) is 0 Å². The second kappa shape index (κ2) is 7.61. The smallest absolute Gasteiger partial charge is 0.159 e. The minimum Gasteiger partial charge on any atom is -0.389 e. The van der Waals surface area contributed by atoms with Crippen molar-refractivity contribution in [2.45, 2.75) is 44.8 Å². The van der Waals surface area contributed by atoms with Gasteiger partial charge in [0.2, 0.25) is 0 Å². The van der Waals surface area contributed by atoms with Gasteiger partial charge in [-0.15, -0.1) is 0 Å². The Hall–Kier alpha value is -2.55. The average molecular weight is 409 g/mol. The molecule has 5 rings (SSSR count). The van der Waals surface area contributed by atoms with Crippen molar-refractivity contribution < 1.29 is 14.9 Å². The van der Waals surface area contributed by atoms with Gasteiger partial charge in [-0.3, -0.25) is 0 Å². The van der Waals surface area contributed by atoms with Gasteiger partial charge in [0.1, 0.15) is 11.6 Å². The maximum absolute atomic E-state index is 9.91. The molecule has 0 aliphatic carbocycles. The molecule has 0 amide bonds. The summed E-state index contributed by atoms with van der Waals surface area (Å²) in [5.74, 6) is 2.50. The number of anilines is 1. The third-order valence-electron chi connectivity index (χ3n) is 6.23. The van der Waals surface area contributed by atoms with Crippen LogP contribution in [-0.4, -0.2) is 68.5 Å². The van der Waals surface area contributed by atoms with E-state index >= 15 is 0 Å². The van der Waals surface area contributed by atoms with Crippen molar-refractivity contribution in [2.75, 3.05) is 31.2 Å². The standard InChI is InChI=1S/C22H27N5O3/c1-13-7-16-10-23-27(18(16)8-17(13)15-3-5-30-6-4-15)22-9-21(24-14(2)25-22)26-11-19(28)20(29)12-26/h7-10,15,19-20,28-29H,3-6,11-12H2,1-2H3/t19-,20-/m0/s1. The molecule has 2 aliphatic heterocycles. The first-order valence-corrected chi connectivity index (χ1v) is 10.5. The quantitative estimate of drug-likeness (QED) is 0.682. The fourth-order valence-corrected chi connectivity index (χ4v) is 4.60. The molecule has 2 fully saturated rings. The van der Waals surface area contributed by atoms with E-state index in [1.807, 2.05) is 28.8 Å². The van der Waals surface area contributed by atoms with Gasteiger partial charge in [-0.1, -0.05) is 0 Å². The molecule has 0 unspecified atom stereocenters. The second-order valence-electron chi connectivity index (χ2n) is 8.38. The molecule has 0 radical (unpaired) electrons. The average Bonchev–Trinajstić information content (AvgIpc) is 3.30. The number of fused-ring (bicyclic) bond motifs is 1. The molecule has 3 aromatic rings. The normalized spacial score (nSPS) is 22.9. The van der Waals surface area contributed by atoms with Gasteiger partial charge in [0, 0.05) is 37.8 Å². The largest absolute Gasteiger partial charge is 0.389 e. The van der Waals surface area contributed by atoms with E-state index in [2.05, 4.69) is 34.1 Å². The number of nitrogens with zero attached hydrogens (tertiary/aromatic N) is 5. The van der Waals surface area contributed by atoms with Crippen molar-refractivity contribution in [3.05, 3.63) is 41.3 Å². The summed E-state index contributed by atoms with van der Waals surface area (Å²) < 4.78 is 7.40. The molecule has 0 saturated carbocycles. The van der Waals surface area contributed by atoms with Crippen LogP contribution in [0.4, 0.5) is 5.82 Å². The van der Waals surface area contributed by atoms with Crippen molar-refractivity contribution in [2.24, 2.45) is 0 Å². The Morgan fingerprint density at radius 1 is 0.967 bits per heavy atom. The van der Waals surface area contributed by atoms with Crippen LogP contribution in [0.25, 0.3) is 16.7 Å². The molecule has 2 aliphatic rings. The molecule has 1 aromatic carbocycles. The fourth-order valence-electron chi connectivity index (χ4n) is 4.60. The Morgan fingerprint density at radius 2 is 1.67 bits per heavy atom. The van der Waals surface area contributed by atoms with Crippen molar-refractivity contribution in [1.82, 2.24) is 19.7 Å². The second-order valence-corrected chi connectivity index (χ2v) is 8.38. The van der Waals surface area contributed by atoms with E-state index in [-0.39, 0.29) is 0 Å². The number of rotatable bonds is 3. The van der Waals surface area contributed by atoms with Gasteiger partial charge in [0.15, 0.2) is 5.82 Å². The van der Waals surface area contributed by atoms with Gasteiger partial charge >= 0.3 is 0 Å². The molecule has 8 nitrogen and oxygen atoms in total. The van der Waals surface area contributed by atoms with E-state index < -0.39 is 12.2 Å². The topological polar surface area (TPSA) is 96.5 Å². The van der Waals surface area contributed by atoms with E-state index in [9.17, 15) is 10.2 Å². The molecule has 2 atom stereocenters. The minimum absolute atomic E-state index is 0.351. The van der Waals surface area contributed by atoms with Crippen molar-refractivity contribution >= 4 is 16.7 Å². The van der Waals surface area contributed by atoms with Crippen LogP contribution >= 0.6 is 0 Å². The monoisotopic (exact) mass is 409 g/mol. The molecular formula is C22H27N5O3. The van der Waals surface area contributed by atoms with Crippen LogP contribution < -0.4 is 4.90 Å². The molecule has 2 saturated heterocycles. The molecular weight excluding hydrogens is 382 g/mol. The number of aromatic nitrogens is 4. The predicted octanol–water partition coefficient (Wildman–Crippen LogP) is 1.87. The maximum Gasteiger partial charge on any atom is 0.159 e. The minimum atomic E-state index is -0.765. The maximum atomic E-state index is 9.91. The predicted molar refractivity (Wildman–Crippen MR) is 113 cm³/mol. The zero-order chi connectivity index (χ0) is 20.8. The van der Waals surface area contributed by atoms with Gasteiger partial charge in [-0.2, -0.15) is 5.10 Å². The zero-order valence-electron chi connectivity index (χ0n) is 17.3. The highest BCUT2D eigenvalue weighted by Crippen LogP contribution is 2.33. The summed E-state index contributed by atoms with van der Waals surface area (Å²) in [6.07, 6.45) is 2.42. The number of ether oxygens (including phenoxy) is 1. The van der Waals surface area contributed by atoms with E-state index in [0.29, 0.717) is 36.5 Å². The van der Waals surface area contributed by atoms with Crippen LogP contribution in [0.15, 0.2) is 24.4 Å². The summed E-state index contributed by atoms with van der Waals surface area (Å²) in [5, 5.41) is 25.5. The molecule has 2 aromatic heterocycles. The highest BCUT2D eigenvalue weighted by molar-refractivity contribution is 5.82. The summed E-state index contributed by atoms with van der Waals surface area (Å²) in [6, 6.07) is 6.32. The SMILES string of the molecule is Cc1nc(N2C[C@H](O)[C@@H](O)C2)cc(-n2ncc3cc(C)c(C4CCOCC4)cc32)n1. The van der Waals surface area contributed by atoms with E-state index in [0.717, 1.165) is 37.0 Å². The van der Waals surface area contributed by atoms with Gasteiger partial charge in [0.05, 0.1) is 23.9 Å². The Kier molecular flexibility index (Phi) is 4.92. The third-order valence-corrected chi connectivity index (χ3v) is 6.23. The van der Waals surface area contributed by atoms with Gasteiger partial charge in [-0.05, 0) is 55.9 Å². The summed E-state index contributed by atoms with van der Waals surface area (Å²) in [7, 11) is 0. The third kappa shape index (κ3) is 3.45. The highest BCUT2D eigenvalue weighted by atomic mass is 16.5. The number of hydrogen-bond donors (Lipinski definition) is 2. The summed E-state index contributed by atoms with van der Waals surface area (Å²) in [6.45, 7) is 6.33. The Bertz CT molecular complexity index is 1070. The van der Waals surface area contributed by atoms with Crippen LogP contribution in [0.2, 0.25) is 0 Å². The van der Waals surface area contributed by atoms with Crippen molar-refractivity contribution in [1.29, 1.82) is 0 Å². The number of benzene rings is 1. The lowest BCUT2D eigenvalue weighted by atomic mass is 9.88. The summed E-state index contributed by atoms with van der Waals surface area (Å²) >= 11 is 0. The van der Waals surface area contributed by atoms with E-state index in [1.54, 1.807) is 0 Å². The Balaban J connectivity index is 1.56. The first kappa shape index (κ1) is 19.4. The number of hydrogen-bond acceptors (Lipinski definition) is 7. The molecule has 158 valence electrons. The first-order chi connectivity index (χ1) is 14.5. The van der Waals surface area contributed by atoms with Crippen LogP contribution in [0, 0.1) is 13.8 Å². The lowest BCUT2D eigenvalue weighted by Gasteiger charge is -2.24. The highest BCUT2D eigenvalue weighted by Gasteiger charge is 2.31. The fraction of sp³-hybridized carbons (Fsp3) is 0.500. The molecule has 0 bridgehead atoms. The number of aliphatic hydroxyl groups excluding tert-OH is 2. The lowest BCUT2D eigenvalue weighted by Crippen LogP contribution is -2.23. The van der Waals surface area contributed by atoms with Crippen LogP contribution in [-0.2, 0) is 4.74 Å². The van der Waals surface area contributed by atoms with Gasteiger partial charge < -0.3 is 19.8 Å². The first-order valence-electron chi connectivity index (χ1n) is 10.5. The number of β-amino-alcohol motifs (C(OH)–C–C–N with tert-alkyl or cyclic N) is 2. The summed E-state index contributed by atoms with van der Waals surface area (Å²) in [4.78, 5) is 11.0. The van der Waals surface area contributed by atoms with Crippen molar-refractivity contribution in [3.8, 4) is 5.82 Å².